The van der Waals surface area contributed by atoms with Gasteiger partial charge < -0.3 is 15.1 Å². The summed E-state index contributed by atoms with van der Waals surface area (Å²) in [5.41, 5.74) is -0.114. The molecule has 0 fully saturated rings. The average Bonchev–Trinajstić information content (AvgIpc) is 2.95. The summed E-state index contributed by atoms with van der Waals surface area (Å²) in [7, 11) is 0. The van der Waals surface area contributed by atoms with Crippen LogP contribution in [0.25, 0.3) is 0 Å². The molecular formula is C14H12BrFN2O3. The Hall–Kier alpha value is -2.15. The number of rotatable bonds is 5. The molecule has 0 bridgehead atoms. The number of carbonyl (C=O) groups is 2. The van der Waals surface area contributed by atoms with Gasteiger partial charge in [-0.15, -0.1) is 0 Å². The lowest BCUT2D eigenvalue weighted by Crippen LogP contribution is -2.36. The zero-order chi connectivity index (χ0) is 15.2. The Morgan fingerprint density at radius 3 is 2.71 bits per heavy atom. The van der Waals surface area contributed by atoms with Gasteiger partial charge in [-0.05, 0) is 30.3 Å². The molecule has 2 rings (SSSR count). The number of benzene rings is 1. The largest absolute Gasteiger partial charge is 0.467 e. The van der Waals surface area contributed by atoms with Crippen LogP contribution in [0.4, 0.5) is 4.39 Å². The lowest BCUT2D eigenvalue weighted by molar-refractivity contribution is -0.120. The van der Waals surface area contributed by atoms with E-state index in [9.17, 15) is 14.0 Å². The molecule has 0 saturated carbocycles. The zero-order valence-electron chi connectivity index (χ0n) is 10.9. The van der Waals surface area contributed by atoms with Crippen LogP contribution in [0.15, 0.2) is 45.5 Å². The van der Waals surface area contributed by atoms with E-state index in [1.54, 1.807) is 18.2 Å². The average molecular weight is 355 g/mol. The van der Waals surface area contributed by atoms with Crippen LogP contribution in [0.3, 0.4) is 0 Å². The first-order chi connectivity index (χ1) is 10.1. The van der Waals surface area contributed by atoms with Crippen LogP contribution in [0.5, 0.6) is 0 Å². The monoisotopic (exact) mass is 354 g/mol. The standard InChI is InChI=1S/C14H12BrFN2O3/c15-9-3-4-11(12(16)6-9)14(20)18-8-13(19)17-7-10-2-1-5-21-10/h1-6H,7-8H2,(H,17,19)(H,18,20). The van der Waals surface area contributed by atoms with E-state index < -0.39 is 17.6 Å². The summed E-state index contributed by atoms with van der Waals surface area (Å²) in [6, 6.07) is 7.51. The number of halogens is 2. The molecule has 2 N–H and O–H groups in total. The van der Waals surface area contributed by atoms with Crippen LogP contribution in [0, 0.1) is 5.82 Å². The summed E-state index contributed by atoms with van der Waals surface area (Å²) in [6.45, 7) is -0.0105. The summed E-state index contributed by atoms with van der Waals surface area (Å²) in [4.78, 5) is 23.3. The van der Waals surface area contributed by atoms with Crippen molar-refractivity contribution in [2.75, 3.05) is 6.54 Å². The third-order valence-corrected chi connectivity index (χ3v) is 3.12. The highest BCUT2D eigenvalue weighted by molar-refractivity contribution is 9.10. The molecule has 0 spiro atoms. The second-order valence-corrected chi connectivity index (χ2v) is 5.08. The normalized spacial score (nSPS) is 10.2. The molecule has 1 heterocycles. The summed E-state index contributed by atoms with van der Waals surface area (Å²) in [6.07, 6.45) is 1.50. The van der Waals surface area contributed by atoms with E-state index >= 15 is 0 Å². The van der Waals surface area contributed by atoms with Crippen molar-refractivity contribution in [1.29, 1.82) is 0 Å². The summed E-state index contributed by atoms with van der Waals surface area (Å²) < 4.78 is 19.1. The lowest BCUT2D eigenvalue weighted by atomic mass is 10.2. The first-order valence-electron chi connectivity index (χ1n) is 6.08. The van der Waals surface area contributed by atoms with E-state index in [0.717, 1.165) is 0 Å². The second-order valence-electron chi connectivity index (χ2n) is 4.16. The van der Waals surface area contributed by atoms with Crippen molar-refractivity contribution < 1.29 is 18.4 Å². The predicted octanol–water partition coefficient (Wildman–Crippen LogP) is 2.23. The maximum Gasteiger partial charge on any atom is 0.254 e. The lowest BCUT2D eigenvalue weighted by Gasteiger charge is -2.07. The molecule has 2 aromatic rings. The first-order valence-corrected chi connectivity index (χ1v) is 6.88. The highest BCUT2D eigenvalue weighted by atomic mass is 79.9. The van der Waals surface area contributed by atoms with Crippen molar-refractivity contribution in [3.05, 3.63) is 58.2 Å². The molecule has 1 aromatic carbocycles. The molecule has 0 aliphatic carbocycles. The fourth-order valence-electron chi connectivity index (χ4n) is 1.59. The van der Waals surface area contributed by atoms with Gasteiger partial charge in [0.25, 0.3) is 5.91 Å². The molecule has 0 radical (unpaired) electrons. The van der Waals surface area contributed by atoms with Crippen LogP contribution in [0.1, 0.15) is 16.1 Å². The molecule has 110 valence electrons. The van der Waals surface area contributed by atoms with Gasteiger partial charge in [-0.1, -0.05) is 15.9 Å². The quantitative estimate of drug-likeness (QED) is 0.864. The molecule has 0 saturated heterocycles. The number of hydrogen-bond donors (Lipinski definition) is 2. The van der Waals surface area contributed by atoms with Crippen molar-refractivity contribution >= 4 is 27.7 Å². The molecule has 1 aromatic heterocycles. The fraction of sp³-hybridized carbons (Fsp3) is 0.143. The molecule has 0 aliphatic rings. The smallest absolute Gasteiger partial charge is 0.254 e. The van der Waals surface area contributed by atoms with Crippen LogP contribution < -0.4 is 10.6 Å². The van der Waals surface area contributed by atoms with Gasteiger partial charge in [0.05, 0.1) is 24.9 Å². The van der Waals surface area contributed by atoms with E-state index in [-0.39, 0.29) is 18.7 Å². The van der Waals surface area contributed by atoms with Crippen molar-refractivity contribution in [1.82, 2.24) is 10.6 Å². The van der Waals surface area contributed by atoms with E-state index in [2.05, 4.69) is 26.6 Å². The summed E-state index contributed by atoms with van der Waals surface area (Å²) >= 11 is 3.10. The van der Waals surface area contributed by atoms with Crippen molar-refractivity contribution in [3.8, 4) is 0 Å². The van der Waals surface area contributed by atoms with E-state index in [1.807, 2.05) is 0 Å². The molecule has 21 heavy (non-hydrogen) atoms. The molecule has 0 unspecified atom stereocenters. The molecule has 0 atom stereocenters. The molecule has 2 amide bonds. The Balaban J connectivity index is 1.81. The Morgan fingerprint density at radius 1 is 1.24 bits per heavy atom. The van der Waals surface area contributed by atoms with Gasteiger partial charge >= 0.3 is 0 Å². The maximum absolute atomic E-state index is 13.6. The van der Waals surface area contributed by atoms with Gasteiger partial charge in [0, 0.05) is 4.47 Å². The van der Waals surface area contributed by atoms with E-state index in [1.165, 1.54) is 18.4 Å². The number of furan rings is 1. The Labute approximate surface area is 128 Å². The maximum atomic E-state index is 13.6. The summed E-state index contributed by atoms with van der Waals surface area (Å²) in [5.74, 6) is -1.09. The van der Waals surface area contributed by atoms with Gasteiger partial charge in [-0.25, -0.2) is 4.39 Å². The highest BCUT2D eigenvalue weighted by Crippen LogP contribution is 2.14. The first kappa shape index (κ1) is 15.2. The van der Waals surface area contributed by atoms with Crippen molar-refractivity contribution in [2.24, 2.45) is 0 Å². The van der Waals surface area contributed by atoms with Gasteiger partial charge in [-0.2, -0.15) is 0 Å². The van der Waals surface area contributed by atoms with Crippen molar-refractivity contribution in [3.63, 3.8) is 0 Å². The number of amides is 2. The van der Waals surface area contributed by atoms with E-state index in [4.69, 9.17) is 4.42 Å². The minimum absolute atomic E-state index is 0.114. The number of carbonyl (C=O) groups excluding carboxylic acids is 2. The van der Waals surface area contributed by atoms with Gasteiger partial charge in [0.2, 0.25) is 5.91 Å². The second kappa shape index (κ2) is 7.03. The fourth-order valence-corrected chi connectivity index (χ4v) is 1.92. The van der Waals surface area contributed by atoms with Crippen LogP contribution in [-0.2, 0) is 11.3 Å². The minimum Gasteiger partial charge on any atom is -0.467 e. The van der Waals surface area contributed by atoms with Crippen LogP contribution in [0.2, 0.25) is 0 Å². The third kappa shape index (κ3) is 4.42. The molecule has 5 nitrogen and oxygen atoms in total. The molecule has 7 heteroatoms. The predicted molar refractivity (Wildman–Crippen MR) is 77.0 cm³/mol. The number of nitrogens with one attached hydrogen (secondary N) is 2. The number of hydrogen-bond acceptors (Lipinski definition) is 3. The molecular weight excluding hydrogens is 343 g/mol. The Bertz CT molecular complexity index is 644. The minimum atomic E-state index is -0.655. The van der Waals surface area contributed by atoms with Gasteiger partial charge in [-0.3, -0.25) is 9.59 Å². The molecule has 0 aliphatic heterocycles. The van der Waals surface area contributed by atoms with E-state index in [0.29, 0.717) is 10.2 Å². The third-order valence-electron chi connectivity index (χ3n) is 2.63. The Kier molecular flexibility index (Phi) is 5.10. The van der Waals surface area contributed by atoms with Crippen LogP contribution in [-0.4, -0.2) is 18.4 Å². The van der Waals surface area contributed by atoms with Crippen LogP contribution >= 0.6 is 15.9 Å². The SMILES string of the molecule is O=C(CNC(=O)c1ccc(Br)cc1F)NCc1ccco1. The summed E-state index contributed by atoms with van der Waals surface area (Å²) in [5, 5.41) is 4.92. The Morgan fingerprint density at radius 2 is 2.05 bits per heavy atom. The van der Waals surface area contributed by atoms with Gasteiger partial charge in [0.15, 0.2) is 0 Å². The zero-order valence-corrected chi connectivity index (χ0v) is 12.4. The van der Waals surface area contributed by atoms with Gasteiger partial charge in [0.1, 0.15) is 11.6 Å². The topological polar surface area (TPSA) is 71.3 Å². The highest BCUT2D eigenvalue weighted by Gasteiger charge is 2.13. The van der Waals surface area contributed by atoms with Crippen molar-refractivity contribution in [2.45, 2.75) is 6.54 Å².